The molecule has 0 saturated heterocycles. The zero-order valence-corrected chi connectivity index (χ0v) is 13.0. The van der Waals surface area contributed by atoms with Crippen molar-refractivity contribution in [2.75, 3.05) is 11.5 Å². The number of sulfone groups is 1. The van der Waals surface area contributed by atoms with Crippen molar-refractivity contribution in [3.63, 3.8) is 0 Å². The van der Waals surface area contributed by atoms with Crippen molar-refractivity contribution in [1.82, 2.24) is 0 Å². The lowest BCUT2D eigenvalue weighted by atomic mass is 10.0. The molecule has 1 aromatic rings. The molecule has 0 radical (unpaired) electrons. The molecule has 0 aliphatic heterocycles. The van der Waals surface area contributed by atoms with Crippen LogP contribution in [0.5, 0.6) is 0 Å². The predicted molar refractivity (Wildman–Crippen MR) is 81.0 cm³/mol. The molecule has 0 aliphatic carbocycles. The van der Waals surface area contributed by atoms with Crippen LogP contribution in [0.25, 0.3) is 0 Å². The van der Waals surface area contributed by atoms with Crippen LogP contribution in [0, 0.1) is 12.8 Å². The average Bonchev–Trinajstić information content (AvgIpc) is 2.37. The molecule has 1 rings (SSSR count). The lowest BCUT2D eigenvalue weighted by Gasteiger charge is -2.16. The van der Waals surface area contributed by atoms with E-state index in [1.54, 1.807) is 12.1 Å². The highest BCUT2D eigenvalue weighted by molar-refractivity contribution is 7.91. The molecule has 0 amide bonds. The van der Waals surface area contributed by atoms with Gasteiger partial charge in [-0.1, -0.05) is 45.2 Å². The molecule has 0 spiro atoms. The first-order valence-electron chi connectivity index (χ1n) is 7.00. The molecule has 0 aliphatic rings. The van der Waals surface area contributed by atoms with Crippen LogP contribution in [0.2, 0.25) is 0 Å². The third kappa shape index (κ3) is 4.23. The number of nitrogens with two attached hydrogens (primary N) is 1. The Morgan fingerprint density at radius 1 is 1.26 bits per heavy atom. The molecule has 0 aromatic heterocycles. The van der Waals surface area contributed by atoms with Crippen LogP contribution in [0.4, 0.5) is 5.69 Å². The fourth-order valence-electron chi connectivity index (χ4n) is 2.22. The highest BCUT2D eigenvalue weighted by Gasteiger charge is 2.22. The number of benzene rings is 1. The molecule has 1 unspecified atom stereocenters. The quantitative estimate of drug-likeness (QED) is 0.778. The zero-order valence-electron chi connectivity index (χ0n) is 12.1. The molecule has 3 nitrogen and oxygen atoms in total. The summed E-state index contributed by atoms with van der Waals surface area (Å²) in [6.45, 7) is 6.01. The standard InChI is InChI=1S/C15H25NO2S/c1-4-6-9-13(5-2)11-19(17,18)14-10-7-8-12(3)15(14)16/h7-8,10,13H,4-6,9,11,16H2,1-3H3. The first kappa shape index (κ1) is 16.0. The SMILES string of the molecule is CCCCC(CC)CS(=O)(=O)c1cccc(C)c1N. The van der Waals surface area contributed by atoms with Gasteiger partial charge < -0.3 is 5.73 Å². The number of hydrogen-bond acceptors (Lipinski definition) is 3. The van der Waals surface area contributed by atoms with Crippen molar-refractivity contribution in [2.24, 2.45) is 5.92 Å². The number of nitrogen functional groups attached to an aromatic ring is 1. The molecular formula is C15H25NO2S. The maximum Gasteiger partial charge on any atom is 0.180 e. The first-order valence-corrected chi connectivity index (χ1v) is 8.65. The summed E-state index contributed by atoms with van der Waals surface area (Å²) in [6, 6.07) is 5.21. The third-order valence-electron chi connectivity index (χ3n) is 3.62. The summed E-state index contributed by atoms with van der Waals surface area (Å²) in [4.78, 5) is 0.294. The Morgan fingerprint density at radius 3 is 2.53 bits per heavy atom. The van der Waals surface area contributed by atoms with Crippen molar-refractivity contribution in [3.8, 4) is 0 Å². The lowest BCUT2D eigenvalue weighted by Crippen LogP contribution is -2.17. The molecule has 1 aromatic carbocycles. The summed E-state index contributed by atoms with van der Waals surface area (Å²) in [5.74, 6) is 0.432. The van der Waals surface area contributed by atoms with E-state index in [4.69, 9.17) is 5.73 Å². The molecule has 0 heterocycles. The second-order valence-electron chi connectivity index (χ2n) is 5.18. The largest absolute Gasteiger partial charge is 0.397 e. The lowest BCUT2D eigenvalue weighted by molar-refractivity contribution is 0.483. The van der Waals surface area contributed by atoms with Crippen LogP contribution in [-0.4, -0.2) is 14.2 Å². The molecular weight excluding hydrogens is 258 g/mol. The van der Waals surface area contributed by atoms with Crippen LogP contribution in [0.3, 0.4) is 0 Å². The normalized spacial score (nSPS) is 13.4. The van der Waals surface area contributed by atoms with Gasteiger partial charge in [-0.25, -0.2) is 8.42 Å². The Labute approximate surface area is 117 Å². The Hall–Kier alpha value is -1.03. The molecule has 4 heteroatoms. The Balaban J connectivity index is 2.94. The third-order valence-corrected chi connectivity index (χ3v) is 5.55. The van der Waals surface area contributed by atoms with Gasteiger partial charge in [-0.15, -0.1) is 0 Å². The zero-order chi connectivity index (χ0) is 14.5. The predicted octanol–water partition coefficient (Wildman–Crippen LogP) is 3.57. The summed E-state index contributed by atoms with van der Waals surface area (Å²) >= 11 is 0. The minimum absolute atomic E-state index is 0.206. The Morgan fingerprint density at radius 2 is 1.95 bits per heavy atom. The number of rotatable bonds is 7. The van der Waals surface area contributed by atoms with E-state index in [2.05, 4.69) is 13.8 Å². The highest BCUT2D eigenvalue weighted by atomic mass is 32.2. The van der Waals surface area contributed by atoms with Crippen LogP contribution in [-0.2, 0) is 9.84 Å². The smallest absolute Gasteiger partial charge is 0.180 e. The van der Waals surface area contributed by atoms with Crippen molar-refractivity contribution < 1.29 is 8.42 Å². The van der Waals surface area contributed by atoms with Crippen molar-refractivity contribution in [1.29, 1.82) is 0 Å². The van der Waals surface area contributed by atoms with Gasteiger partial charge in [-0.2, -0.15) is 0 Å². The van der Waals surface area contributed by atoms with Gasteiger partial charge in [-0.3, -0.25) is 0 Å². The van der Waals surface area contributed by atoms with E-state index in [1.807, 2.05) is 13.0 Å². The van der Waals surface area contributed by atoms with E-state index in [9.17, 15) is 8.42 Å². The summed E-state index contributed by atoms with van der Waals surface area (Å²) in [7, 11) is -3.28. The molecule has 2 N–H and O–H groups in total. The minimum atomic E-state index is -3.28. The summed E-state index contributed by atoms with van der Waals surface area (Å²) in [6.07, 6.45) is 4.04. The number of para-hydroxylation sites is 1. The van der Waals surface area contributed by atoms with Gasteiger partial charge in [0.05, 0.1) is 16.3 Å². The van der Waals surface area contributed by atoms with Gasteiger partial charge in [-0.05, 0) is 30.9 Å². The number of anilines is 1. The monoisotopic (exact) mass is 283 g/mol. The number of unbranched alkanes of at least 4 members (excludes halogenated alkanes) is 1. The maximum absolute atomic E-state index is 12.5. The van der Waals surface area contributed by atoms with Crippen LogP contribution >= 0.6 is 0 Å². The maximum atomic E-state index is 12.5. The second-order valence-corrected chi connectivity index (χ2v) is 7.19. The van der Waals surface area contributed by atoms with Crippen LogP contribution in [0.15, 0.2) is 23.1 Å². The van der Waals surface area contributed by atoms with E-state index >= 15 is 0 Å². The minimum Gasteiger partial charge on any atom is -0.397 e. The van der Waals surface area contributed by atoms with Gasteiger partial charge >= 0.3 is 0 Å². The van der Waals surface area contributed by atoms with E-state index in [1.165, 1.54) is 0 Å². The van der Waals surface area contributed by atoms with E-state index < -0.39 is 9.84 Å². The van der Waals surface area contributed by atoms with Crippen molar-refractivity contribution >= 4 is 15.5 Å². The van der Waals surface area contributed by atoms with E-state index in [-0.39, 0.29) is 11.7 Å². The van der Waals surface area contributed by atoms with Crippen molar-refractivity contribution in [3.05, 3.63) is 23.8 Å². The van der Waals surface area contributed by atoms with Gasteiger partial charge in [0.15, 0.2) is 9.84 Å². The molecule has 0 fully saturated rings. The fraction of sp³-hybridized carbons (Fsp3) is 0.600. The number of aryl methyl sites for hydroxylation is 1. The van der Waals surface area contributed by atoms with Gasteiger partial charge in [0.1, 0.15) is 0 Å². The van der Waals surface area contributed by atoms with Gasteiger partial charge in [0, 0.05) is 0 Å². The van der Waals surface area contributed by atoms with Crippen LogP contribution in [0.1, 0.15) is 45.1 Å². The summed E-state index contributed by atoms with van der Waals surface area (Å²) in [5, 5.41) is 0. The highest BCUT2D eigenvalue weighted by Crippen LogP contribution is 2.26. The Kier molecular flexibility index (Phi) is 5.85. The average molecular weight is 283 g/mol. The molecule has 0 saturated carbocycles. The molecule has 0 bridgehead atoms. The topological polar surface area (TPSA) is 60.2 Å². The summed E-state index contributed by atoms with van der Waals surface area (Å²) in [5.41, 5.74) is 7.12. The number of hydrogen-bond donors (Lipinski definition) is 1. The first-order chi connectivity index (χ1) is 8.92. The molecule has 108 valence electrons. The summed E-state index contributed by atoms with van der Waals surface area (Å²) < 4.78 is 24.9. The van der Waals surface area contributed by atoms with Gasteiger partial charge in [0.25, 0.3) is 0 Å². The van der Waals surface area contributed by atoms with E-state index in [0.29, 0.717) is 10.6 Å². The van der Waals surface area contributed by atoms with E-state index in [0.717, 1.165) is 31.2 Å². The molecule has 19 heavy (non-hydrogen) atoms. The fourth-order valence-corrected chi connectivity index (χ4v) is 4.21. The molecule has 1 atom stereocenters. The Bertz CT molecular complexity index is 509. The second kappa shape index (κ2) is 6.94. The van der Waals surface area contributed by atoms with Crippen LogP contribution < -0.4 is 5.73 Å². The van der Waals surface area contributed by atoms with Crippen molar-refractivity contribution in [2.45, 2.75) is 51.3 Å². The van der Waals surface area contributed by atoms with Gasteiger partial charge in [0.2, 0.25) is 0 Å².